The Bertz CT molecular complexity index is 440. The van der Waals surface area contributed by atoms with Gasteiger partial charge in [0, 0.05) is 17.9 Å². The molecule has 0 aromatic carbocycles. The third-order valence-electron chi connectivity index (χ3n) is 5.68. The highest BCUT2D eigenvalue weighted by molar-refractivity contribution is 5.81. The minimum atomic E-state index is -0.291. The number of carbonyl (C=O) groups excluding carboxylic acids is 1. The van der Waals surface area contributed by atoms with Crippen molar-refractivity contribution in [2.24, 2.45) is 17.8 Å². The van der Waals surface area contributed by atoms with Gasteiger partial charge in [0.2, 0.25) is 0 Å². The maximum absolute atomic E-state index is 11.2. The predicted molar refractivity (Wildman–Crippen MR) is 99.4 cm³/mol. The zero-order valence-electron chi connectivity index (χ0n) is 15.4. The Morgan fingerprint density at radius 3 is 2.12 bits per heavy atom. The van der Waals surface area contributed by atoms with Gasteiger partial charge >= 0.3 is 5.97 Å². The molecule has 0 unspecified atom stereocenters. The molecule has 24 heavy (non-hydrogen) atoms. The van der Waals surface area contributed by atoms with Crippen molar-refractivity contribution >= 4 is 5.97 Å². The van der Waals surface area contributed by atoms with Crippen LogP contribution in [-0.4, -0.2) is 12.1 Å². The van der Waals surface area contributed by atoms with E-state index in [1.165, 1.54) is 57.4 Å². The second-order valence-corrected chi connectivity index (χ2v) is 7.62. The lowest BCUT2D eigenvalue weighted by atomic mass is 9.79. The van der Waals surface area contributed by atoms with Crippen molar-refractivity contribution in [3.8, 4) is 11.8 Å². The fraction of sp³-hybridized carbons (Fsp3) is 0.773. The summed E-state index contributed by atoms with van der Waals surface area (Å²) < 4.78 is 5.33. The van der Waals surface area contributed by atoms with Crippen LogP contribution in [0, 0.1) is 29.6 Å². The number of unbranched alkanes of at least 4 members (excludes halogenated alkanes) is 2. The molecule has 0 radical (unpaired) electrons. The molecule has 2 aliphatic carbocycles. The van der Waals surface area contributed by atoms with Gasteiger partial charge in [0.1, 0.15) is 6.10 Å². The topological polar surface area (TPSA) is 26.3 Å². The first-order valence-electron chi connectivity index (χ1n) is 10.0. The smallest absolute Gasteiger partial charge is 0.330 e. The Hall–Kier alpha value is -1.23. The van der Waals surface area contributed by atoms with Crippen LogP contribution in [0.15, 0.2) is 12.7 Å². The molecular formula is C22H34O2. The SMILES string of the molecule is C=CC(=O)OC1CCC(C#CC2CCC(CCCCC)CC2)CC1. The van der Waals surface area contributed by atoms with E-state index in [1.54, 1.807) is 0 Å². The molecule has 2 aliphatic rings. The lowest BCUT2D eigenvalue weighted by Crippen LogP contribution is -2.23. The maximum atomic E-state index is 11.2. The average molecular weight is 331 g/mol. The van der Waals surface area contributed by atoms with Gasteiger partial charge in [0.15, 0.2) is 0 Å². The van der Waals surface area contributed by atoms with Crippen LogP contribution < -0.4 is 0 Å². The fourth-order valence-electron chi connectivity index (χ4n) is 4.05. The Balaban J connectivity index is 1.64. The van der Waals surface area contributed by atoms with Gasteiger partial charge in [-0.3, -0.25) is 0 Å². The van der Waals surface area contributed by atoms with Crippen LogP contribution in [0.1, 0.15) is 84.0 Å². The van der Waals surface area contributed by atoms with Crippen molar-refractivity contribution in [3.63, 3.8) is 0 Å². The predicted octanol–water partition coefficient (Wildman–Crippen LogP) is 5.66. The molecule has 2 nitrogen and oxygen atoms in total. The lowest BCUT2D eigenvalue weighted by molar-refractivity contribution is -0.144. The van der Waals surface area contributed by atoms with Crippen LogP contribution in [0.3, 0.4) is 0 Å². The number of ether oxygens (including phenoxy) is 1. The number of esters is 1. The molecule has 0 N–H and O–H groups in total. The quantitative estimate of drug-likeness (QED) is 0.272. The summed E-state index contributed by atoms with van der Waals surface area (Å²) in [7, 11) is 0. The normalized spacial score (nSPS) is 30.0. The van der Waals surface area contributed by atoms with E-state index < -0.39 is 0 Å². The molecule has 0 atom stereocenters. The molecule has 2 heteroatoms. The third kappa shape index (κ3) is 6.71. The molecule has 0 aromatic rings. The molecule has 0 aliphatic heterocycles. The molecule has 2 fully saturated rings. The summed E-state index contributed by atoms with van der Waals surface area (Å²) in [5, 5.41) is 0. The van der Waals surface area contributed by atoms with Crippen LogP contribution in [0.5, 0.6) is 0 Å². The molecule has 0 bridgehead atoms. The molecule has 134 valence electrons. The van der Waals surface area contributed by atoms with Gasteiger partial charge in [0.25, 0.3) is 0 Å². The monoisotopic (exact) mass is 330 g/mol. The van der Waals surface area contributed by atoms with Crippen molar-refractivity contribution in [3.05, 3.63) is 12.7 Å². The summed E-state index contributed by atoms with van der Waals surface area (Å²) in [6.45, 7) is 5.73. The number of rotatable bonds is 6. The largest absolute Gasteiger partial charge is 0.459 e. The van der Waals surface area contributed by atoms with E-state index in [4.69, 9.17) is 4.74 Å². The first-order chi connectivity index (χ1) is 11.7. The van der Waals surface area contributed by atoms with Crippen LogP contribution in [0.2, 0.25) is 0 Å². The summed E-state index contributed by atoms with van der Waals surface area (Å²) in [4.78, 5) is 11.2. The minimum absolute atomic E-state index is 0.0760. The van der Waals surface area contributed by atoms with E-state index in [1.807, 2.05) is 0 Å². The van der Waals surface area contributed by atoms with E-state index in [9.17, 15) is 4.79 Å². The average Bonchev–Trinajstić information content (AvgIpc) is 2.62. The number of carbonyl (C=O) groups is 1. The summed E-state index contributed by atoms with van der Waals surface area (Å²) in [5.41, 5.74) is 0. The second kappa shape index (κ2) is 10.6. The molecule has 2 rings (SSSR count). The minimum Gasteiger partial charge on any atom is -0.459 e. The zero-order chi connectivity index (χ0) is 17.2. The van der Waals surface area contributed by atoms with E-state index >= 15 is 0 Å². The highest BCUT2D eigenvalue weighted by Crippen LogP contribution is 2.32. The number of hydrogen-bond acceptors (Lipinski definition) is 2. The number of hydrogen-bond donors (Lipinski definition) is 0. The van der Waals surface area contributed by atoms with Gasteiger partial charge < -0.3 is 4.74 Å². The summed E-state index contributed by atoms with van der Waals surface area (Å²) in [5.74, 6) is 8.91. The molecule has 0 heterocycles. The van der Waals surface area contributed by atoms with Crippen molar-refractivity contribution in [1.29, 1.82) is 0 Å². The van der Waals surface area contributed by atoms with Gasteiger partial charge in [-0.1, -0.05) is 51.0 Å². The summed E-state index contributed by atoms with van der Waals surface area (Å²) in [6, 6.07) is 0. The van der Waals surface area contributed by atoms with E-state index in [0.29, 0.717) is 11.8 Å². The Labute approximate surface area is 148 Å². The fourth-order valence-corrected chi connectivity index (χ4v) is 4.05. The van der Waals surface area contributed by atoms with Crippen molar-refractivity contribution < 1.29 is 9.53 Å². The molecule has 0 aromatic heterocycles. The van der Waals surface area contributed by atoms with Gasteiger partial charge in [-0.05, 0) is 57.3 Å². The van der Waals surface area contributed by atoms with Gasteiger partial charge in [-0.25, -0.2) is 4.79 Å². The highest BCUT2D eigenvalue weighted by Gasteiger charge is 2.23. The summed E-state index contributed by atoms with van der Waals surface area (Å²) in [6.07, 6.45) is 16.3. The second-order valence-electron chi connectivity index (χ2n) is 7.62. The first-order valence-corrected chi connectivity index (χ1v) is 10.0. The molecular weight excluding hydrogens is 296 g/mol. The van der Waals surface area contributed by atoms with Gasteiger partial charge in [-0.15, -0.1) is 0 Å². The van der Waals surface area contributed by atoms with E-state index in [-0.39, 0.29) is 12.1 Å². The first kappa shape index (κ1) is 19.1. The maximum Gasteiger partial charge on any atom is 0.330 e. The van der Waals surface area contributed by atoms with E-state index in [0.717, 1.165) is 31.6 Å². The highest BCUT2D eigenvalue weighted by atomic mass is 16.5. The zero-order valence-corrected chi connectivity index (χ0v) is 15.4. The molecule has 0 spiro atoms. The Morgan fingerprint density at radius 2 is 1.58 bits per heavy atom. The van der Waals surface area contributed by atoms with Crippen molar-refractivity contribution in [1.82, 2.24) is 0 Å². The Kier molecular flexibility index (Phi) is 8.43. The van der Waals surface area contributed by atoms with Crippen LogP contribution in [0.4, 0.5) is 0 Å². The molecule has 0 amide bonds. The molecule has 2 saturated carbocycles. The standard InChI is InChI=1S/C22H34O2/c1-3-5-6-7-18-8-10-19(11-9-18)12-13-20-14-16-21(17-15-20)24-22(23)4-2/h4,18-21H,2-3,5-11,14-17H2,1H3. The molecule has 0 saturated heterocycles. The van der Waals surface area contributed by atoms with E-state index in [2.05, 4.69) is 25.3 Å². The van der Waals surface area contributed by atoms with Crippen LogP contribution in [0.25, 0.3) is 0 Å². The Morgan fingerprint density at radius 1 is 1.00 bits per heavy atom. The van der Waals surface area contributed by atoms with Crippen LogP contribution >= 0.6 is 0 Å². The van der Waals surface area contributed by atoms with Crippen molar-refractivity contribution in [2.75, 3.05) is 0 Å². The summed E-state index contributed by atoms with van der Waals surface area (Å²) >= 11 is 0. The lowest BCUT2D eigenvalue weighted by Gasteiger charge is -2.27. The van der Waals surface area contributed by atoms with Crippen molar-refractivity contribution in [2.45, 2.75) is 90.1 Å². The van der Waals surface area contributed by atoms with Crippen LogP contribution in [-0.2, 0) is 9.53 Å². The van der Waals surface area contributed by atoms with Gasteiger partial charge in [-0.2, -0.15) is 0 Å². The third-order valence-corrected chi connectivity index (χ3v) is 5.68. The van der Waals surface area contributed by atoms with Gasteiger partial charge in [0.05, 0.1) is 0 Å².